The summed E-state index contributed by atoms with van der Waals surface area (Å²) in [6, 6.07) is 22.2. The van der Waals surface area contributed by atoms with Crippen LogP contribution in [0.15, 0.2) is 77.6 Å². The van der Waals surface area contributed by atoms with E-state index in [1.54, 1.807) is 18.2 Å². The minimum Gasteiger partial charge on any atom is -0.339 e. The first-order valence-electron chi connectivity index (χ1n) is 12.1. The molecular weight excluding hydrogens is 474 g/mol. The fourth-order valence-corrected chi connectivity index (χ4v) is 4.20. The summed E-state index contributed by atoms with van der Waals surface area (Å²) < 4.78 is 1.47. The Hall–Kier alpha value is -3.68. The van der Waals surface area contributed by atoms with Crippen molar-refractivity contribution >= 4 is 34.1 Å². The molecule has 0 bridgehead atoms. The third kappa shape index (κ3) is 6.11. The smallest absolute Gasteiger partial charge is 0.280 e. The van der Waals surface area contributed by atoms with E-state index < -0.39 is 0 Å². The van der Waals surface area contributed by atoms with Crippen LogP contribution in [0.4, 0.5) is 5.69 Å². The molecule has 1 amide bonds. The number of hydrogen-bond donors (Lipinski definition) is 2. The number of aromatic nitrogens is 2. The van der Waals surface area contributed by atoms with Gasteiger partial charge in [-0.3, -0.25) is 15.0 Å². The summed E-state index contributed by atoms with van der Waals surface area (Å²) in [6.07, 6.45) is 1.84. The van der Waals surface area contributed by atoms with Gasteiger partial charge in [0.05, 0.1) is 16.6 Å². The van der Waals surface area contributed by atoms with Crippen LogP contribution in [0.1, 0.15) is 34.6 Å². The number of hydrogen-bond acceptors (Lipinski definition) is 5. The number of anilines is 1. The van der Waals surface area contributed by atoms with E-state index in [1.807, 2.05) is 66.4 Å². The van der Waals surface area contributed by atoms with Crippen molar-refractivity contribution < 1.29 is 4.79 Å². The SMILES string of the molecule is Cc1ccc(C(=O)N(CCCN)CCCc2nc3ccc(Cl)cc3c(=O)n2Nc2ccccc2)cc1. The number of halogens is 1. The number of nitrogens with one attached hydrogen (secondary N) is 1. The Morgan fingerprint density at radius 2 is 1.75 bits per heavy atom. The zero-order chi connectivity index (χ0) is 25.5. The van der Waals surface area contributed by atoms with Gasteiger partial charge >= 0.3 is 0 Å². The topological polar surface area (TPSA) is 93.2 Å². The standard InChI is InChI=1S/C28H30ClN5O2/c1-20-10-12-21(13-11-20)27(35)33(18-6-16-30)17-5-9-26-31-25-15-14-22(29)19-24(25)28(36)34(26)32-23-7-3-2-4-8-23/h2-4,7-8,10-15,19,32H,5-6,9,16-18,30H2,1H3. The Morgan fingerprint density at radius 1 is 1.03 bits per heavy atom. The summed E-state index contributed by atoms with van der Waals surface area (Å²) in [5.41, 5.74) is 11.8. The average molecular weight is 504 g/mol. The molecular formula is C28H30ClN5O2. The zero-order valence-corrected chi connectivity index (χ0v) is 21.0. The number of amides is 1. The molecule has 7 nitrogen and oxygen atoms in total. The van der Waals surface area contributed by atoms with Gasteiger partial charge in [-0.15, -0.1) is 0 Å². The van der Waals surface area contributed by atoms with E-state index in [4.69, 9.17) is 22.3 Å². The number of aryl methyl sites for hydroxylation is 2. The van der Waals surface area contributed by atoms with Crippen LogP contribution in [0.25, 0.3) is 10.9 Å². The average Bonchev–Trinajstić information content (AvgIpc) is 2.89. The molecule has 0 saturated carbocycles. The minimum atomic E-state index is -0.225. The largest absolute Gasteiger partial charge is 0.339 e. The molecule has 0 aliphatic heterocycles. The van der Waals surface area contributed by atoms with Gasteiger partial charge in [0.2, 0.25) is 0 Å². The lowest BCUT2D eigenvalue weighted by Gasteiger charge is -2.23. The molecule has 0 radical (unpaired) electrons. The summed E-state index contributed by atoms with van der Waals surface area (Å²) in [5.74, 6) is 0.560. The van der Waals surface area contributed by atoms with Crippen molar-refractivity contribution in [1.29, 1.82) is 0 Å². The van der Waals surface area contributed by atoms with Gasteiger partial charge in [-0.05, 0) is 68.8 Å². The van der Waals surface area contributed by atoms with Gasteiger partial charge in [-0.25, -0.2) is 9.66 Å². The summed E-state index contributed by atoms with van der Waals surface area (Å²) >= 11 is 6.15. The fraction of sp³-hybridized carbons (Fsp3) is 0.250. The molecule has 1 heterocycles. The summed E-state index contributed by atoms with van der Waals surface area (Å²) in [6.45, 7) is 3.59. The van der Waals surface area contributed by atoms with Gasteiger partial charge in [0.25, 0.3) is 11.5 Å². The Bertz CT molecular complexity index is 1390. The van der Waals surface area contributed by atoms with Crippen LogP contribution in [-0.2, 0) is 6.42 Å². The predicted molar refractivity (Wildman–Crippen MR) is 146 cm³/mol. The Morgan fingerprint density at radius 3 is 2.47 bits per heavy atom. The number of nitrogens with zero attached hydrogens (tertiary/aromatic N) is 3. The maximum absolute atomic E-state index is 13.4. The van der Waals surface area contributed by atoms with Gasteiger partial charge in [-0.2, -0.15) is 0 Å². The zero-order valence-electron chi connectivity index (χ0n) is 20.3. The molecule has 1 aromatic heterocycles. The van der Waals surface area contributed by atoms with Crippen LogP contribution in [0.2, 0.25) is 5.02 Å². The first-order chi connectivity index (χ1) is 17.5. The summed E-state index contributed by atoms with van der Waals surface area (Å²) in [5, 5.41) is 0.916. The molecule has 0 saturated heterocycles. The second-order valence-corrected chi connectivity index (χ2v) is 9.15. The molecule has 4 aromatic rings. The molecule has 3 aromatic carbocycles. The molecule has 186 valence electrons. The molecule has 4 rings (SSSR count). The van der Waals surface area contributed by atoms with E-state index >= 15 is 0 Å². The van der Waals surface area contributed by atoms with Crippen LogP contribution in [0.3, 0.4) is 0 Å². The number of carbonyl (C=O) groups is 1. The molecule has 8 heteroatoms. The molecule has 3 N–H and O–H groups in total. The minimum absolute atomic E-state index is 0.0237. The summed E-state index contributed by atoms with van der Waals surface area (Å²) in [7, 11) is 0. The molecule has 0 fully saturated rings. The fourth-order valence-electron chi connectivity index (χ4n) is 4.03. The lowest BCUT2D eigenvalue weighted by Crippen LogP contribution is -2.35. The van der Waals surface area contributed by atoms with E-state index in [9.17, 15) is 9.59 Å². The highest BCUT2D eigenvalue weighted by Gasteiger charge is 2.17. The van der Waals surface area contributed by atoms with Crippen LogP contribution >= 0.6 is 11.6 Å². The van der Waals surface area contributed by atoms with E-state index in [-0.39, 0.29) is 11.5 Å². The van der Waals surface area contributed by atoms with Crippen molar-refractivity contribution in [3.05, 3.63) is 105 Å². The van der Waals surface area contributed by atoms with Gasteiger partial charge in [0.1, 0.15) is 5.82 Å². The Kier molecular flexibility index (Phi) is 8.36. The molecule has 0 spiro atoms. The van der Waals surface area contributed by atoms with Crippen LogP contribution in [-0.4, -0.2) is 40.1 Å². The lowest BCUT2D eigenvalue weighted by molar-refractivity contribution is 0.0752. The predicted octanol–water partition coefficient (Wildman–Crippen LogP) is 4.66. The van der Waals surface area contributed by atoms with Gasteiger partial charge in [0, 0.05) is 30.1 Å². The van der Waals surface area contributed by atoms with Gasteiger partial charge in [0.15, 0.2) is 0 Å². The molecule has 0 aliphatic carbocycles. The molecule has 0 atom stereocenters. The third-order valence-electron chi connectivity index (χ3n) is 5.96. The number of fused-ring (bicyclic) bond motifs is 1. The maximum atomic E-state index is 13.4. The normalized spacial score (nSPS) is 11.0. The van der Waals surface area contributed by atoms with E-state index in [2.05, 4.69) is 5.43 Å². The number of para-hydroxylation sites is 1. The number of nitrogens with two attached hydrogens (primary N) is 1. The maximum Gasteiger partial charge on any atom is 0.280 e. The highest BCUT2D eigenvalue weighted by atomic mass is 35.5. The first-order valence-corrected chi connectivity index (χ1v) is 12.4. The molecule has 0 aliphatic rings. The van der Waals surface area contributed by atoms with E-state index in [0.717, 1.165) is 11.3 Å². The second kappa shape index (κ2) is 11.8. The number of carbonyl (C=O) groups excluding carboxylic acids is 1. The highest BCUT2D eigenvalue weighted by Crippen LogP contribution is 2.17. The highest BCUT2D eigenvalue weighted by molar-refractivity contribution is 6.31. The van der Waals surface area contributed by atoms with Crippen LogP contribution in [0, 0.1) is 6.92 Å². The Labute approximate surface area is 215 Å². The number of benzene rings is 3. The van der Waals surface area contributed by atoms with Crippen molar-refractivity contribution in [2.45, 2.75) is 26.2 Å². The lowest BCUT2D eigenvalue weighted by atomic mass is 10.1. The van der Waals surface area contributed by atoms with Crippen molar-refractivity contribution in [3.8, 4) is 0 Å². The van der Waals surface area contributed by atoms with Crippen molar-refractivity contribution in [3.63, 3.8) is 0 Å². The quantitative estimate of drug-likeness (QED) is 0.328. The third-order valence-corrected chi connectivity index (χ3v) is 6.20. The molecule has 36 heavy (non-hydrogen) atoms. The van der Waals surface area contributed by atoms with Gasteiger partial charge in [-0.1, -0.05) is 47.5 Å². The van der Waals surface area contributed by atoms with Crippen LogP contribution < -0.4 is 16.7 Å². The van der Waals surface area contributed by atoms with Crippen LogP contribution in [0.5, 0.6) is 0 Å². The monoisotopic (exact) mass is 503 g/mol. The van der Waals surface area contributed by atoms with E-state index in [0.29, 0.717) is 66.2 Å². The Balaban J connectivity index is 1.58. The van der Waals surface area contributed by atoms with Crippen molar-refractivity contribution in [2.75, 3.05) is 25.1 Å². The molecule has 0 unspecified atom stereocenters. The van der Waals surface area contributed by atoms with Crippen molar-refractivity contribution in [2.24, 2.45) is 5.73 Å². The van der Waals surface area contributed by atoms with Crippen molar-refractivity contribution in [1.82, 2.24) is 14.6 Å². The van der Waals surface area contributed by atoms with Gasteiger partial charge < -0.3 is 10.6 Å². The second-order valence-electron chi connectivity index (χ2n) is 8.71. The first kappa shape index (κ1) is 25.4. The summed E-state index contributed by atoms with van der Waals surface area (Å²) in [4.78, 5) is 33.1. The number of rotatable bonds is 10. The van der Waals surface area contributed by atoms with E-state index in [1.165, 1.54) is 4.68 Å².